The minimum atomic E-state index is -1.66. The second-order valence-electron chi connectivity index (χ2n) is 7.25. The first-order valence-corrected chi connectivity index (χ1v) is 9.66. The van der Waals surface area contributed by atoms with E-state index in [0.717, 1.165) is 11.1 Å². The molecule has 158 valence electrons. The predicted molar refractivity (Wildman–Crippen MR) is 109 cm³/mol. The van der Waals surface area contributed by atoms with Gasteiger partial charge < -0.3 is 18.7 Å². The molecule has 1 aromatic heterocycles. The van der Waals surface area contributed by atoms with Crippen molar-refractivity contribution < 1.29 is 23.1 Å². The average molecular weight is 413 g/mol. The topological polar surface area (TPSA) is 69.9 Å². The van der Waals surface area contributed by atoms with Gasteiger partial charge in [0.05, 0.1) is 21.3 Å². The molecule has 3 aromatic rings. The molecule has 7 nitrogen and oxygen atoms in total. The van der Waals surface area contributed by atoms with Crippen molar-refractivity contribution in [2.24, 2.45) is 0 Å². The maximum Gasteiger partial charge on any atom is 0.258 e. The molecule has 1 aliphatic rings. The van der Waals surface area contributed by atoms with Crippen LogP contribution in [0.4, 0.5) is 4.39 Å². The molecule has 0 radical (unpaired) electrons. The van der Waals surface area contributed by atoms with E-state index in [1.54, 1.807) is 21.3 Å². The molecule has 0 saturated carbocycles. The molecule has 2 heterocycles. The van der Waals surface area contributed by atoms with Crippen LogP contribution in [0, 0.1) is 0 Å². The third-order valence-electron chi connectivity index (χ3n) is 5.28. The molecule has 8 heteroatoms. The van der Waals surface area contributed by atoms with Crippen LogP contribution >= 0.6 is 0 Å². The minimum absolute atomic E-state index is 0.0914. The molecule has 1 aliphatic heterocycles. The van der Waals surface area contributed by atoms with Gasteiger partial charge in [-0.1, -0.05) is 23.4 Å². The molecule has 0 spiro atoms. The molecule has 2 aromatic carbocycles. The fraction of sp³-hybridized carbons (Fsp3) is 0.364. The van der Waals surface area contributed by atoms with Crippen LogP contribution in [0.15, 0.2) is 47.0 Å². The molecule has 0 N–H and O–H groups in total. The summed E-state index contributed by atoms with van der Waals surface area (Å²) in [6, 6.07) is 13.1. The summed E-state index contributed by atoms with van der Waals surface area (Å²) in [7, 11) is 4.71. The highest BCUT2D eigenvalue weighted by Crippen LogP contribution is 2.40. The number of ether oxygens (including phenoxy) is 3. The van der Waals surface area contributed by atoms with Gasteiger partial charge >= 0.3 is 0 Å². The predicted octanol–water partition coefficient (Wildman–Crippen LogP) is 3.83. The number of halogens is 1. The van der Waals surface area contributed by atoms with Crippen molar-refractivity contribution >= 4 is 0 Å². The Morgan fingerprint density at radius 1 is 1.07 bits per heavy atom. The lowest BCUT2D eigenvalue weighted by molar-refractivity contribution is 0.148. The summed E-state index contributed by atoms with van der Waals surface area (Å²) in [6.45, 7) is 1.28. The molecule has 1 unspecified atom stereocenters. The second kappa shape index (κ2) is 8.31. The van der Waals surface area contributed by atoms with Crippen LogP contribution in [-0.4, -0.2) is 49.5 Å². The lowest BCUT2D eigenvalue weighted by Gasteiger charge is -2.20. The first-order valence-electron chi connectivity index (χ1n) is 9.66. The van der Waals surface area contributed by atoms with E-state index in [1.165, 1.54) is 0 Å². The fourth-order valence-corrected chi connectivity index (χ4v) is 3.75. The van der Waals surface area contributed by atoms with Crippen LogP contribution in [0.1, 0.15) is 17.8 Å². The van der Waals surface area contributed by atoms with Crippen LogP contribution in [0.3, 0.4) is 0 Å². The van der Waals surface area contributed by atoms with Gasteiger partial charge in [-0.15, -0.1) is 0 Å². The number of rotatable bonds is 7. The third kappa shape index (κ3) is 3.82. The molecular formula is C22H24FN3O4. The van der Waals surface area contributed by atoms with Crippen LogP contribution in [-0.2, 0) is 12.2 Å². The quantitative estimate of drug-likeness (QED) is 0.583. The second-order valence-corrected chi connectivity index (χ2v) is 7.25. The van der Waals surface area contributed by atoms with Gasteiger partial charge in [-0.3, -0.25) is 4.90 Å². The van der Waals surface area contributed by atoms with Crippen molar-refractivity contribution in [2.45, 2.75) is 18.6 Å². The summed E-state index contributed by atoms with van der Waals surface area (Å²) >= 11 is 0. The highest BCUT2D eigenvalue weighted by molar-refractivity contribution is 5.54. The van der Waals surface area contributed by atoms with E-state index in [-0.39, 0.29) is 12.4 Å². The molecule has 4 rings (SSSR count). The summed E-state index contributed by atoms with van der Waals surface area (Å²) < 4.78 is 37.1. The lowest BCUT2D eigenvalue weighted by atomic mass is 10.1. The van der Waals surface area contributed by atoms with Crippen LogP contribution in [0.5, 0.6) is 17.2 Å². The van der Waals surface area contributed by atoms with Gasteiger partial charge in [0.15, 0.2) is 17.2 Å². The highest BCUT2D eigenvalue weighted by Gasteiger charge is 2.44. The number of nitrogens with zero attached hydrogens (tertiary/aromatic N) is 3. The average Bonchev–Trinajstić information content (AvgIpc) is 3.42. The molecule has 1 saturated heterocycles. The lowest BCUT2D eigenvalue weighted by Crippen LogP contribution is -2.28. The smallest absolute Gasteiger partial charge is 0.258 e. The summed E-state index contributed by atoms with van der Waals surface area (Å²) in [5.74, 6) is 2.09. The number of aromatic nitrogens is 2. The highest BCUT2D eigenvalue weighted by atomic mass is 19.1. The molecule has 0 bridgehead atoms. The summed E-state index contributed by atoms with van der Waals surface area (Å²) in [6.07, 6.45) is 0.297. The number of benzene rings is 2. The van der Waals surface area contributed by atoms with Crippen molar-refractivity contribution in [2.75, 3.05) is 34.4 Å². The Morgan fingerprint density at radius 3 is 2.40 bits per heavy atom. The summed E-state index contributed by atoms with van der Waals surface area (Å²) in [5.41, 5.74) is 0.0518. The normalized spacial score (nSPS) is 19.1. The first kappa shape index (κ1) is 20.2. The Kier molecular flexibility index (Phi) is 5.59. The molecule has 1 fully saturated rings. The Balaban J connectivity index is 1.50. The van der Waals surface area contributed by atoms with Gasteiger partial charge in [-0.25, -0.2) is 4.39 Å². The van der Waals surface area contributed by atoms with Gasteiger partial charge in [-0.05, 0) is 29.8 Å². The van der Waals surface area contributed by atoms with E-state index in [0.29, 0.717) is 42.6 Å². The van der Waals surface area contributed by atoms with Gasteiger partial charge in [0.1, 0.15) is 0 Å². The summed E-state index contributed by atoms with van der Waals surface area (Å²) in [4.78, 5) is 6.33. The number of alkyl halides is 1. The van der Waals surface area contributed by atoms with Crippen molar-refractivity contribution in [3.63, 3.8) is 0 Å². The molecule has 30 heavy (non-hydrogen) atoms. The van der Waals surface area contributed by atoms with E-state index in [9.17, 15) is 0 Å². The van der Waals surface area contributed by atoms with E-state index >= 15 is 4.39 Å². The Hall–Kier alpha value is -3.13. The Morgan fingerprint density at radius 2 is 1.77 bits per heavy atom. The third-order valence-corrected chi connectivity index (χ3v) is 5.28. The summed E-state index contributed by atoms with van der Waals surface area (Å²) in [5, 5.41) is 3.92. The van der Waals surface area contributed by atoms with E-state index < -0.39 is 5.67 Å². The van der Waals surface area contributed by atoms with Crippen molar-refractivity contribution in [3.05, 3.63) is 53.9 Å². The number of likely N-dealkylation sites (tertiary alicyclic amines) is 1. The molecule has 0 amide bonds. The van der Waals surface area contributed by atoms with E-state index in [2.05, 4.69) is 10.1 Å². The van der Waals surface area contributed by atoms with Crippen LogP contribution in [0.25, 0.3) is 11.5 Å². The molecular weight excluding hydrogens is 389 g/mol. The van der Waals surface area contributed by atoms with Gasteiger partial charge in [0.2, 0.25) is 11.6 Å². The van der Waals surface area contributed by atoms with Crippen LogP contribution in [0.2, 0.25) is 0 Å². The minimum Gasteiger partial charge on any atom is -0.493 e. The van der Waals surface area contributed by atoms with Crippen LogP contribution < -0.4 is 14.2 Å². The monoisotopic (exact) mass is 413 g/mol. The van der Waals surface area contributed by atoms with Crippen molar-refractivity contribution in [3.8, 4) is 28.7 Å². The van der Waals surface area contributed by atoms with E-state index in [4.69, 9.17) is 18.7 Å². The van der Waals surface area contributed by atoms with Gasteiger partial charge in [0, 0.05) is 31.6 Å². The molecule has 1 atom stereocenters. The largest absolute Gasteiger partial charge is 0.493 e. The molecule has 0 aliphatic carbocycles. The number of hydrogen-bond acceptors (Lipinski definition) is 7. The van der Waals surface area contributed by atoms with Crippen molar-refractivity contribution in [1.29, 1.82) is 0 Å². The zero-order chi connectivity index (χ0) is 21.1. The maximum absolute atomic E-state index is 15.6. The fourth-order valence-electron chi connectivity index (χ4n) is 3.75. The van der Waals surface area contributed by atoms with Gasteiger partial charge in [-0.2, -0.15) is 4.98 Å². The Bertz CT molecular complexity index is 986. The van der Waals surface area contributed by atoms with E-state index in [1.807, 2.05) is 47.4 Å². The first-order chi connectivity index (χ1) is 14.6. The zero-order valence-electron chi connectivity index (χ0n) is 17.2. The zero-order valence-corrected chi connectivity index (χ0v) is 17.2. The standard InChI is InChI=1S/C22H24FN3O4/c1-27-17-11-15(12-18(28-2)19(17)29-3)13-26-10-9-22(23,14-26)21-24-20(30-25-21)16-7-5-4-6-8-16/h4-8,11-12H,9-10,13-14H2,1-3H3. The van der Waals surface area contributed by atoms with Gasteiger partial charge in [0.25, 0.3) is 5.89 Å². The number of hydrogen-bond donors (Lipinski definition) is 0. The SMILES string of the molecule is COc1cc(CN2CCC(F)(c3noc(-c4ccccc4)n3)C2)cc(OC)c1OC. The maximum atomic E-state index is 15.6. The van der Waals surface area contributed by atoms with Crippen molar-refractivity contribution in [1.82, 2.24) is 15.0 Å². The number of methoxy groups -OCH3 is 3. The Labute approximate surface area is 174 Å².